The minimum atomic E-state index is 0.271. The largest absolute Gasteiger partial charge is 0.271 e. The van der Waals surface area contributed by atoms with Crippen molar-refractivity contribution in [3.63, 3.8) is 0 Å². The number of nitrogens with zero attached hydrogens (tertiary/aromatic N) is 1. The van der Waals surface area contributed by atoms with Crippen LogP contribution in [-0.2, 0) is 12.8 Å². The molecule has 0 aliphatic rings. The molecule has 1 aromatic carbocycles. The van der Waals surface area contributed by atoms with E-state index in [9.17, 15) is 0 Å². The molecule has 0 spiro atoms. The molecule has 20 heavy (non-hydrogen) atoms. The van der Waals surface area contributed by atoms with Crippen LogP contribution in [0.4, 0.5) is 0 Å². The van der Waals surface area contributed by atoms with Crippen LogP contribution in [0.2, 0.25) is 0 Å². The van der Waals surface area contributed by atoms with E-state index in [4.69, 9.17) is 5.84 Å². The van der Waals surface area contributed by atoms with Crippen LogP contribution in [0.15, 0.2) is 53.1 Å². The maximum atomic E-state index is 5.64. The molecule has 0 aliphatic carbocycles. The van der Waals surface area contributed by atoms with Crippen LogP contribution in [0.3, 0.4) is 0 Å². The third kappa shape index (κ3) is 5.04. The molecule has 3 N–H and O–H groups in total. The van der Waals surface area contributed by atoms with Crippen molar-refractivity contribution in [2.75, 3.05) is 0 Å². The van der Waals surface area contributed by atoms with Gasteiger partial charge in [0.25, 0.3) is 0 Å². The second-order valence-electron chi connectivity index (χ2n) is 4.91. The van der Waals surface area contributed by atoms with E-state index in [-0.39, 0.29) is 6.04 Å². The number of hydrogen-bond donors (Lipinski definition) is 2. The number of rotatable bonds is 7. The number of pyridine rings is 1. The van der Waals surface area contributed by atoms with Crippen LogP contribution in [0.25, 0.3) is 0 Å². The summed E-state index contributed by atoms with van der Waals surface area (Å²) in [5, 5.41) is 0. The maximum Gasteiger partial charge on any atom is 0.0420 e. The van der Waals surface area contributed by atoms with Gasteiger partial charge in [-0.25, -0.2) is 0 Å². The number of nitrogens with one attached hydrogen (secondary N) is 1. The van der Waals surface area contributed by atoms with Gasteiger partial charge in [-0.15, -0.1) is 0 Å². The molecular formula is C16H20BrN3. The van der Waals surface area contributed by atoms with Crippen LogP contribution >= 0.6 is 15.9 Å². The van der Waals surface area contributed by atoms with Gasteiger partial charge in [-0.3, -0.25) is 16.3 Å². The summed E-state index contributed by atoms with van der Waals surface area (Å²) < 4.78 is 1.00. The zero-order valence-corrected chi connectivity index (χ0v) is 13.0. The summed E-state index contributed by atoms with van der Waals surface area (Å²) in [6.07, 6.45) is 5.94. The number of benzene rings is 1. The minimum Gasteiger partial charge on any atom is -0.271 e. The molecule has 1 aromatic heterocycles. The van der Waals surface area contributed by atoms with Crippen molar-refractivity contribution < 1.29 is 0 Å². The molecule has 1 unspecified atom stereocenters. The first kappa shape index (κ1) is 15.2. The van der Waals surface area contributed by atoms with Crippen molar-refractivity contribution in [2.24, 2.45) is 5.84 Å². The Labute approximate surface area is 128 Å². The smallest absolute Gasteiger partial charge is 0.0420 e. The van der Waals surface area contributed by atoms with Crippen molar-refractivity contribution in [1.82, 2.24) is 10.4 Å². The van der Waals surface area contributed by atoms with Crippen molar-refractivity contribution in [3.8, 4) is 0 Å². The summed E-state index contributed by atoms with van der Waals surface area (Å²) in [5.74, 6) is 5.64. The fourth-order valence-electron chi connectivity index (χ4n) is 2.22. The lowest BCUT2D eigenvalue weighted by Crippen LogP contribution is -2.37. The molecule has 1 atom stereocenters. The molecule has 2 rings (SSSR count). The SMILES string of the molecule is NNC(CCCc1ccccc1)Cc1ccc(Br)cn1. The molecule has 1 heterocycles. The Morgan fingerprint density at radius 3 is 2.60 bits per heavy atom. The fraction of sp³-hybridized carbons (Fsp3) is 0.312. The average Bonchev–Trinajstić information content (AvgIpc) is 2.49. The first-order valence-electron chi connectivity index (χ1n) is 6.88. The van der Waals surface area contributed by atoms with Crippen LogP contribution in [0.5, 0.6) is 0 Å². The van der Waals surface area contributed by atoms with Gasteiger partial charge in [0, 0.05) is 28.8 Å². The molecule has 2 aromatic rings. The number of aryl methyl sites for hydroxylation is 1. The lowest BCUT2D eigenvalue weighted by atomic mass is 10.0. The topological polar surface area (TPSA) is 50.9 Å². The Morgan fingerprint density at radius 2 is 1.95 bits per heavy atom. The normalized spacial score (nSPS) is 12.3. The summed E-state index contributed by atoms with van der Waals surface area (Å²) in [7, 11) is 0. The predicted molar refractivity (Wildman–Crippen MR) is 86.1 cm³/mol. The number of aromatic nitrogens is 1. The van der Waals surface area contributed by atoms with Crippen LogP contribution in [0, 0.1) is 0 Å². The van der Waals surface area contributed by atoms with Crippen molar-refractivity contribution in [3.05, 3.63) is 64.4 Å². The molecule has 0 radical (unpaired) electrons. The summed E-state index contributed by atoms with van der Waals surface area (Å²) in [6.45, 7) is 0. The van der Waals surface area contributed by atoms with Crippen molar-refractivity contribution >= 4 is 15.9 Å². The third-order valence-corrected chi connectivity index (χ3v) is 3.81. The maximum absolute atomic E-state index is 5.64. The van der Waals surface area contributed by atoms with Gasteiger partial charge in [0.2, 0.25) is 0 Å². The van der Waals surface area contributed by atoms with Gasteiger partial charge in [-0.1, -0.05) is 30.3 Å². The Morgan fingerprint density at radius 1 is 1.15 bits per heavy atom. The summed E-state index contributed by atoms with van der Waals surface area (Å²) in [5.41, 5.74) is 5.34. The quantitative estimate of drug-likeness (QED) is 0.604. The van der Waals surface area contributed by atoms with Gasteiger partial charge in [0.05, 0.1) is 0 Å². The van der Waals surface area contributed by atoms with E-state index in [2.05, 4.69) is 50.6 Å². The zero-order chi connectivity index (χ0) is 14.2. The van der Waals surface area contributed by atoms with E-state index in [1.54, 1.807) is 0 Å². The zero-order valence-electron chi connectivity index (χ0n) is 11.4. The van der Waals surface area contributed by atoms with Gasteiger partial charge in [0.1, 0.15) is 0 Å². The van der Waals surface area contributed by atoms with E-state index < -0.39 is 0 Å². The highest BCUT2D eigenvalue weighted by molar-refractivity contribution is 9.10. The van der Waals surface area contributed by atoms with E-state index in [0.717, 1.165) is 35.8 Å². The average molecular weight is 334 g/mol. The highest BCUT2D eigenvalue weighted by Gasteiger charge is 2.08. The first-order chi connectivity index (χ1) is 9.78. The highest BCUT2D eigenvalue weighted by Crippen LogP contribution is 2.12. The van der Waals surface area contributed by atoms with E-state index in [1.807, 2.05) is 24.4 Å². The highest BCUT2D eigenvalue weighted by atomic mass is 79.9. The van der Waals surface area contributed by atoms with E-state index >= 15 is 0 Å². The lowest BCUT2D eigenvalue weighted by Gasteiger charge is -2.15. The van der Waals surface area contributed by atoms with Crippen molar-refractivity contribution in [1.29, 1.82) is 0 Å². The predicted octanol–water partition coefficient (Wildman–Crippen LogP) is 3.24. The van der Waals surface area contributed by atoms with Gasteiger partial charge >= 0.3 is 0 Å². The molecular weight excluding hydrogens is 314 g/mol. The summed E-state index contributed by atoms with van der Waals surface area (Å²) in [4.78, 5) is 4.39. The van der Waals surface area contributed by atoms with Crippen LogP contribution in [-0.4, -0.2) is 11.0 Å². The molecule has 0 aliphatic heterocycles. The molecule has 4 heteroatoms. The van der Waals surface area contributed by atoms with Crippen LogP contribution in [0.1, 0.15) is 24.1 Å². The number of nitrogens with two attached hydrogens (primary N) is 1. The number of hydrazine groups is 1. The third-order valence-electron chi connectivity index (χ3n) is 3.34. The van der Waals surface area contributed by atoms with E-state index in [1.165, 1.54) is 5.56 Å². The summed E-state index contributed by atoms with van der Waals surface area (Å²) in [6, 6.07) is 14.9. The Kier molecular flexibility index (Phi) is 6.18. The molecule has 0 saturated carbocycles. The Balaban J connectivity index is 1.79. The first-order valence-corrected chi connectivity index (χ1v) is 7.67. The molecule has 3 nitrogen and oxygen atoms in total. The fourth-order valence-corrected chi connectivity index (χ4v) is 2.46. The Bertz CT molecular complexity index is 499. The second kappa shape index (κ2) is 8.15. The van der Waals surface area contributed by atoms with Crippen LogP contribution < -0.4 is 11.3 Å². The molecule has 0 fully saturated rings. The molecule has 0 bridgehead atoms. The molecule has 0 amide bonds. The van der Waals surface area contributed by atoms with Gasteiger partial charge in [0.15, 0.2) is 0 Å². The van der Waals surface area contributed by atoms with Crippen molar-refractivity contribution in [2.45, 2.75) is 31.7 Å². The second-order valence-corrected chi connectivity index (χ2v) is 5.83. The lowest BCUT2D eigenvalue weighted by molar-refractivity contribution is 0.472. The monoisotopic (exact) mass is 333 g/mol. The van der Waals surface area contributed by atoms with Gasteiger partial charge < -0.3 is 0 Å². The van der Waals surface area contributed by atoms with Gasteiger partial charge in [-0.05, 0) is 52.9 Å². The Hall–Kier alpha value is -1.23. The molecule has 106 valence electrons. The summed E-state index contributed by atoms with van der Waals surface area (Å²) >= 11 is 3.39. The standard InChI is InChI=1S/C16H20BrN3/c17-14-9-10-15(19-12-14)11-16(20-18)8-4-7-13-5-2-1-3-6-13/h1-3,5-6,9-10,12,16,20H,4,7-8,11,18H2. The number of hydrogen-bond acceptors (Lipinski definition) is 3. The van der Waals surface area contributed by atoms with Gasteiger partial charge in [-0.2, -0.15) is 0 Å². The molecule has 0 saturated heterocycles. The minimum absolute atomic E-state index is 0.271. The van der Waals surface area contributed by atoms with E-state index in [0.29, 0.717) is 0 Å². The number of halogens is 1.